The summed E-state index contributed by atoms with van der Waals surface area (Å²) in [5.41, 5.74) is 5.35. The maximum absolute atomic E-state index is 13.6. The molecule has 0 atom stereocenters. The van der Waals surface area contributed by atoms with Crippen LogP contribution in [0.4, 0.5) is 4.39 Å². The van der Waals surface area contributed by atoms with E-state index >= 15 is 0 Å². The highest BCUT2D eigenvalue weighted by Crippen LogP contribution is 2.20. The number of nitrogens with zero attached hydrogens (tertiary/aromatic N) is 2. The average Bonchev–Trinajstić information content (AvgIpc) is 2.36. The van der Waals surface area contributed by atoms with Crippen molar-refractivity contribution in [3.05, 3.63) is 35.6 Å². The number of carbonyl (C=O) groups is 1. The lowest BCUT2D eigenvalue weighted by atomic mass is 10.2. The van der Waals surface area contributed by atoms with Gasteiger partial charge in [0.15, 0.2) is 0 Å². The van der Waals surface area contributed by atoms with Crippen LogP contribution in [0.15, 0.2) is 24.3 Å². The first kappa shape index (κ1) is 14.9. The van der Waals surface area contributed by atoms with Crippen LogP contribution in [0, 0.1) is 5.82 Å². The summed E-state index contributed by atoms with van der Waals surface area (Å²) in [5.74, 6) is -1.16. The number of nitrogens with two attached hydrogens (primary N) is 1. The van der Waals surface area contributed by atoms with Gasteiger partial charge in [0.2, 0.25) is 5.91 Å². The first-order chi connectivity index (χ1) is 9.41. The number of primary amides is 1. The van der Waals surface area contributed by atoms with Gasteiger partial charge in [-0.2, -0.15) is 17.0 Å². The number of hydrogen-bond acceptors (Lipinski definition) is 3. The molecule has 110 valence electrons. The Balaban J connectivity index is 2.19. The molecule has 8 heteroatoms. The van der Waals surface area contributed by atoms with Gasteiger partial charge in [0.25, 0.3) is 10.2 Å². The minimum atomic E-state index is -3.78. The van der Waals surface area contributed by atoms with Gasteiger partial charge >= 0.3 is 0 Å². The molecule has 0 aromatic heterocycles. The predicted molar refractivity (Wildman–Crippen MR) is 71.1 cm³/mol. The third-order valence-electron chi connectivity index (χ3n) is 3.10. The molecule has 0 unspecified atom stereocenters. The van der Waals surface area contributed by atoms with Crippen LogP contribution in [0.5, 0.6) is 0 Å². The van der Waals surface area contributed by atoms with E-state index in [0.717, 1.165) is 8.61 Å². The van der Waals surface area contributed by atoms with E-state index in [2.05, 4.69) is 0 Å². The van der Waals surface area contributed by atoms with E-state index in [1.165, 1.54) is 12.1 Å². The third-order valence-corrected chi connectivity index (χ3v) is 5.03. The molecule has 1 aliphatic heterocycles. The fraction of sp³-hybridized carbons (Fsp3) is 0.417. The normalized spacial score (nSPS) is 19.9. The van der Waals surface area contributed by atoms with Gasteiger partial charge in [-0.15, -0.1) is 0 Å². The van der Waals surface area contributed by atoms with E-state index in [-0.39, 0.29) is 19.6 Å². The number of rotatable bonds is 4. The van der Waals surface area contributed by atoms with Gasteiger partial charge in [-0.3, -0.25) is 4.79 Å². The van der Waals surface area contributed by atoms with Gasteiger partial charge in [-0.05, 0) is 12.5 Å². The summed E-state index contributed by atoms with van der Waals surface area (Å²) < 4.78 is 40.4. The van der Waals surface area contributed by atoms with Crippen molar-refractivity contribution in [3.63, 3.8) is 0 Å². The summed E-state index contributed by atoms with van der Waals surface area (Å²) in [4.78, 5) is 10.9. The summed E-state index contributed by atoms with van der Waals surface area (Å²) in [5, 5.41) is 0. The van der Waals surface area contributed by atoms with E-state index in [4.69, 9.17) is 5.73 Å². The second-order valence-corrected chi connectivity index (χ2v) is 6.51. The zero-order valence-corrected chi connectivity index (χ0v) is 11.6. The van der Waals surface area contributed by atoms with Crippen molar-refractivity contribution in [1.82, 2.24) is 8.61 Å². The van der Waals surface area contributed by atoms with E-state index in [0.29, 0.717) is 18.5 Å². The second-order valence-electron chi connectivity index (χ2n) is 4.59. The van der Waals surface area contributed by atoms with Gasteiger partial charge in [-0.25, -0.2) is 4.39 Å². The smallest absolute Gasteiger partial charge is 0.282 e. The molecular formula is C12H16FN3O3S. The second kappa shape index (κ2) is 5.86. The molecule has 1 fully saturated rings. The van der Waals surface area contributed by atoms with Crippen molar-refractivity contribution >= 4 is 16.1 Å². The third kappa shape index (κ3) is 3.14. The quantitative estimate of drug-likeness (QED) is 0.854. The van der Waals surface area contributed by atoms with Gasteiger partial charge in [0, 0.05) is 25.2 Å². The van der Waals surface area contributed by atoms with Crippen LogP contribution in [0.3, 0.4) is 0 Å². The average molecular weight is 301 g/mol. The molecule has 20 heavy (non-hydrogen) atoms. The topological polar surface area (TPSA) is 83.7 Å². The van der Waals surface area contributed by atoms with Gasteiger partial charge < -0.3 is 5.73 Å². The van der Waals surface area contributed by atoms with E-state index < -0.39 is 21.9 Å². The van der Waals surface area contributed by atoms with Crippen LogP contribution in [-0.4, -0.2) is 42.6 Å². The molecule has 0 spiro atoms. The molecule has 0 radical (unpaired) electrons. The molecule has 2 rings (SSSR count). The van der Waals surface area contributed by atoms with Gasteiger partial charge in [-0.1, -0.05) is 18.2 Å². The van der Waals surface area contributed by atoms with Crippen LogP contribution in [0.2, 0.25) is 0 Å². The maximum atomic E-state index is 13.6. The Morgan fingerprint density at radius 1 is 1.25 bits per heavy atom. The first-order valence-corrected chi connectivity index (χ1v) is 7.58. The number of amides is 1. The summed E-state index contributed by atoms with van der Waals surface area (Å²) in [6.45, 7) is 0.144. The van der Waals surface area contributed by atoms with Gasteiger partial charge in [0.1, 0.15) is 5.82 Å². The SMILES string of the molecule is NC(=O)CN1CCCN(Cc2ccccc2F)S1(=O)=O. The standard InChI is InChI=1S/C12H16FN3O3S/c13-11-5-2-1-4-10(11)8-15-6-3-7-16(9-12(14)17)20(15,18)19/h1-2,4-5H,3,6-9H2,(H2,14,17). The van der Waals surface area contributed by atoms with Crippen molar-refractivity contribution < 1.29 is 17.6 Å². The minimum absolute atomic E-state index is 0.0513. The highest BCUT2D eigenvalue weighted by atomic mass is 32.2. The zero-order valence-electron chi connectivity index (χ0n) is 10.8. The molecule has 2 N–H and O–H groups in total. The Kier molecular flexibility index (Phi) is 4.36. The molecular weight excluding hydrogens is 285 g/mol. The molecule has 6 nitrogen and oxygen atoms in total. The maximum Gasteiger partial charge on any atom is 0.282 e. The summed E-state index contributed by atoms with van der Waals surface area (Å²) in [6.07, 6.45) is 0.570. The lowest BCUT2D eigenvalue weighted by molar-refractivity contribution is -0.118. The molecule has 0 saturated carbocycles. The Bertz CT molecular complexity index is 606. The van der Waals surface area contributed by atoms with Crippen LogP contribution in [0.25, 0.3) is 0 Å². The van der Waals surface area contributed by atoms with Gasteiger partial charge in [0.05, 0.1) is 6.54 Å². The van der Waals surface area contributed by atoms with Crippen LogP contribution in [0.1, 0.15) is 12.0 Å². The minimum Gasteiger partial charge on any atom is -0.369 e. The Hall–Kier alpha value is -1.51. The van der Waals surface area contributed by atoms with E-state index in [1.54, 1.807) is 12.1 Å². The van der Waals surface area contributed by atoms with Crippen molar-refractivity contribution in [1.29, 1.82) is 0 Å². The Morgan fingerprint density at radius 3 is 2.55 bits per heavy atom. The van der Waals surface area contributed by atoms with E-state index in [9.17, 15) is 17.6 Å². The summed E-state index contributed by atoms with van der Waals surface area (Å²) in [7, 11) is -3.78. The zero-order chi connectivity index (χ0) is 14.8. The number of hydrogen-bond donors (Lipinski definition) is 1. The molecule has 1 amide bonds. The Morgan fingerprint density at radius 2 is 1.90 bits per heavy atom. The number of benzene rings is 1. The largest absolute Gasteiger partial charge is 0.369 e. The molecule has 1 heterocycles. The molecule has 0 aliphatic carbocycles. The van der Waals surface area contributed by atoms with E-state index in [1.807, 2.05) is 0 Å². The van der Waals surface area contributed by atoms with Crippen LogP contribution < -0.4 is 5.73 Å². The lowest BCUT2D eigenvalue weighted by Crippen LogP contribution is -2.51. The fourth-order valence-electron chi connectivity index (χ4n) is 2.13. The fourth-order valence-corrected chi connectivity index (χ4v) is 3.77. The van der Waals surface area contributed by atoms with Crippen molar-refractivity contribution in [2.24, 2.45) is 5.73 Å². The first-order valence-electron chi connectivity index (χ1n) is 6.18. The summed E-state index contributed by atoms with van der Waals surface area (Å²) in [6, 6.07) is 6.02. The summed E-state index contributed by atoms with van der Waals surface area (Å²) >= 11 is 0. The molecule has 1 saturated heterocycles. The predicted octanol–water partition coefficient (Wildman–Crippen LogP) is 0.0635. The van der Waals surface area contributed by atoms with Crippen molar-refractivity contribution in [3.8, 4) is 0 Å². The Labute approximate surface area is 117 Å². The van der Waals surface area contributed by atoms with Crippen molar-refractivity contribution in [2.45, 2.75) is 13.0 Å². The van der Waals surface area contributed by atoms with Crippen molar-refractivity contribution in [2.75, 3.05) is 19.6 Å². The highest BCUT2D eigenvalue weighted by molar-refractivity contribution is 7.86. The number of carbonyl (C=O) groups excluding carboxylic acids is 1. The molecule has 1 aromatic carbocycles. The molecule has 1 aromatic rings. The lowest BCUT2D eigenvalue weighted by Gasteiger charge is -2.34. The number of halogens is 1. The van der Waals surface area contributed by atoms with Crippen LogP contribution in [-0.2, 0) is 21.5 Å². The monoisotopic (exact) mass is 301 g/mol. The van der Waals surface area contributed by atoms with Crippen LogP contribution >= 0.6 is 0 Å². The molecule has 1 aliphatic rings. The molecule has 0 bridgehead atoms. The highest BCUT2D eigenvalue weighted by Gasteiger charge is 2.34.